The van der Waals surface area contributed by atoms with Gasteiger partial charge in [-0.2, -0.15) is 0 Å². The number of rotatable bonds is 5. The molecule has 1 aromatic heterocycles. The van der Waals surface area contributed by atoms with Crippen molar-refractivity contribution in [3.05, 3.63) is 48.4 Å². The molecule has 7 nitrogen and oxygen atoms in total. The van der Waals surface area contributed by atoms with Crippen LogP contribution >= 0.6 is 0 Å². The van der Waals surface area contributed by atoms with Crippen LogP contribution in [0.25, 0.3) is 0 Å². The van der Waals surface area contributed by atoms with E-state index in [9.17, 15) is 13.2 Å². The molecule has 1 fully saturated rings. The fourth-order valence-corrected chi connectivity index (χ4v) is 4.36. The summed E-state index contributed by atoms with van der Waals surface area (Å²) in [6, 6.07) is 9.56. The van der Waals surface area contributed by atoms with Crippen LogP contribution in [0.2, 0.25) is 0 Å². The zero-order valence-electron chi connectivity index (χ0n) is 13.8. The second-order valence-electron chi connectivity index (χ2n) is 5.82. The van der Waals surface area contributed by atoms with Crippen LogP contribution in [0.1, 0.15) is 23.4 Å². The molecule has 0 saturated carbocycles. The summed E-state index contributed by atoms with van der Waals surface area (Å²) in [5.41, 5.74) is 0. The Morgan fingerprint density at radius 1 is 1.20 bits per heavy atom. The second-order valence-corrected chi connectivity index (χ2v) is 7.50. The molecular formula is C17H20N2O5S. The molecule has 2 aromatic rings. The van der Waals surface area contributed by atoms with Crippen molar-refractivity contribution in [3.8, 4) is 5.75 Å². The number of likely N-dealkylation sites (tertiary alicyclic amines) is 1. The summed E-state index contributed by atoms with van der Waals surface area (Å²) in [4.78, 5) is 14.0. The van der Waals surface area contributed by atoms with Crippen molar-refractivity contribution in [2.75, 3.05) is 20.2 Å². The smallest absolute Gasteiger partial charge is 0.289 e. The maximum Gasteiger partial charge on any atom is 0.289 e. The third-order valence-corrected chi connectivity index (χ3v) is 5.75. The Morgan fingerprint density at radius 2 is 1.92 bits per heavy atom. The number of piperidine rings is 1. The van der Waals surface area contributed by atoms with Crippen LogP contribution in [-0.2, 0) is 10.0 Å². The average Bonchev–Trinajstić information content (AvgIpc) is 3.16. The van der Waals surface area contributed by atoms with E-state index >= 15 is 0 Å². The van der Waals surface area contributed by atoms with Crippen LogP contribution in [0.4, 0.5) is 0 Å². The van der Waals surface area contributed by atoms with E-state index in [1.165, 1.54) is 19.4 Å². The van der Waals surface area contributed by atoms with E-state index in [2.05, 4.69) is 4.72 Å². The first-order valence-electron chi connectivity index (χ1n) is 7.99. The zero-order chi connectivity index (χ0) is 17.9. The van der Waals surface area contributed by atoms with Crippen LogP contribution in [0.3, 0.4) is 0 Å². The van der Waals surface area contributed by atoms with Crippen LogP contribution in [0.5, 0.6) is 5.75 Å². The van der Waals surface area contributed by atoms with Gasteiger partial charge in [-0.15, -0.1) is 0 Å². The Kier molecular flexibility index (Phi) is 5.10. The Hall–Kier alpha value is -2.32. The largest absolute Gasteiger partial charge is 0.495 e. The van der Waals surface area contributed by atoms with Crippen molar-refractivity contribution in [2.45, 2.75) is 23.8 Å². The Labute approximate surface area is 146 Å². The first-order valence-corrected chi connectivity index (χ1v) is 9.47. The Bertz CT molecular complexity index is 824. The molecule has 2 heterocycles. The first-order chi connectivity index (χ1) is 12.0. The Morgan fingerprint density at radius 3 is 2.56 bits per heavy atom. The average molecular weight is 364 g/mol. The summed E-state index contributed by atoms with van der Waals surface area (Å²) >= 11 is 0. The predicted molar refractivity (Wildman–Crippen MR) is 90.9 cm³/mol. The highest BCUT2D eigenvalue weighted by molar-refractivity contribution is 7.89. The van der Waals surface area contributed by atoms with E-state index in [0.29, 0.717) is 37.4 Å². The summed E-state index contributed by atoms with van der Waals surface area (Å²) in [6.07, 6.45) is 2.54. The van der Waals surface area contributed by atoms with Crippen molar-refractivity contribution in [1.82, 2.24) is 9.62 Å². The summed E-state index contributed by atoms with van der Waals surface area (Å²) < 4.78 is 38.2. The van der Waals surface area contributed by atoms with Crippen molar-refractivity contribution >= 4 is 15.9 Å². The zero-order valence-corrected chi connectivity index (χ0v) is 14.7. The first kappa shape index (κ1) is 17.5. The van der Waals surface area contributed by atoms with Crippen molar-refractivity contribution in [2.24, 2.45) is 0 Å². The number of carbonyl (C=O) groups excluding carboxylic acids is 1. The molecule has 3 rings (SSSR count). The van der Waals surface area contributed by atoms with E-state index in [1.54, 1.807) is 35.2 Å². The molecule has 0 spiro atoms. The normalized spacial score (nSPS) is 16.0. The molecule has 0 radical (unpaired) electrons. The number of benzene rings is 1. The minimum Gasteiger partial charge on any atom is -0.495 e. The van der Waals surface area contributed by atoms with Gasteiger partial charge in [0.25, 0.3) is 5.91 Å². The Balaban J connectivity index is 1.63. The number of furan rings is 1. The highest BCUT2D eigenvalue weighted by atomic mass is 32.2. The van der Waals surface area contributed by atoms with E-state index in [-0.39, 0.29) is 16.8 Å². The topological polar surface area (TPSA) is 88.9 Å². The predicted octanol–water partition coefficient (Wildman–Crippen LogP) is 1.87. The van der Waals surface area contributed by atoms with Gasteiger partial charge >= 0.3 is 0 Å². The molecule has 1 N–H and O–H groups in total. The fourth-order valence-electron chi connectivity index (χ4n) is 2.88. The van der Waals surface area contributed by atoms with Crippen LogP contribution < -0.4 is 9.46 Å². The molecule has 25 heavy (non-hydrogen) atoms. The minimum absolute atomic E-state index is 0.117. The third kappa shape index (κ3) is 3.85. The van der Waals surface area contributed by atoms with E-state index < -0.39 is 10.0 Å². The molecule has 0 aliphatic carbocycles. The van der Waals surface area contributed by atoms with Crippen LogP contribution in [-0.4, -0.2) is 45.5 Å². The number of carbonyl (C=O) groups is 1. The number of amides is 1. The van der Waals surface area contributed by atoms with Gasteiger partial charge in [0, 0.05) is 19.1 Å². The molecule has 0 bridgehead atoms. The van der Waals surface area contributed by atoms with Crippen molar-refractivity contribution in [1.29, 1.82) is 0 Å². The van der Waals surface area contributed by atoms with Gasteiger partial charge in [0.15, 0.2) is 5.76 Å². The summed E-state index contributed by atoms with van der Waals surface area (Å²) in [6.45, 7) is 0.942. The number of hydrogen-bond donors (Lipinski definition) is 1. The molecule has 0 atom stereocenters. The lowest BCUT2D eigenvalue weighted by Gasteiger charge is -2.31. The number of nitrogens with one attached hydrogen (secondary N) is 1. The standard InChI is InChI=1S/C17H20N2O5S/c1-23-14-5-2-3-7-16(14)25(21,22)18-13-8-10-19(11-9-13)17(20)15-6-4-12-24-15/h2-7,12-13,18H,8-11H2,1H3. The lowest BCUT2D eigenvalue weighted by Crippen LogP contribution is -2.46. The third-order valence-electron chi connectivity index (χ3n) is 4.19. The number of hydrogen-bond acceptors (Lipinski definition) is 5. The molecule has 0 unspecified atom stereocenters. The minimum atomic E-state index is -3.68. The van der Waals surface area contributed by atoms with E-state index in [0.717, 1.165) is 0 Å². The lowest BCUT2D eigenvalue weighted by atomic mass is 10.1. The number of para-hydroxylation sites is 1. The summed E-state index contributed by atoms with van der Waals surface area (Å²) in [7, 11) is -2.24. The van der Waals surface area contributed by atoms with Gasteiger partial charge < -0.3 is 14.1 Å². The molecule has 8 heteroatoms. The molecule has 1 saturated heterocycles. The monoisotopic (exact) mass is 364 g/mol. The highest BCUT2D eigenvalue weighted by Crippen LogP contribution is 2.24. The van der Waals surface area contributed by atoms with E-state index in [4.69, 9.17) is 9.15 Å². The molecule has 1 aromatic carbocycles. The number of sulfonamides is 1. The van der Waals surface area contributed by atoms with Crippen LogP contribution in [0.15, 0.2) is 52.0 Å². The second kappa shape index (κ2) is 7.28. The van der Waals surface area contributed by atoms with Gasteiger partial charge in [-0.3, -0.25) is 4.79 Å². The summed E-state index contributed by atoms with van der Waals surface area (Å²) in [5, 5.41) is 0. The van der Waals surface area contributed by atoms with Crippen molar-refractivity contribution in [3.63, 3.8) is 0 Å². The van der Waals surface area contributed by atoms with E-state index in [1.807, 2.05) is 0 Å². The van der Waals surface area contributed by atoms with Crippen molar-refractivity contribution < 1.29 is 22.4 Å². The molecular weight excluding hydrogens is 344 g/mol. The van der Waals surface area contributed by atoms with Gasteiger partial charge in [-0.05, 0) is 37.1 Å². The fraction of sp³-hybridized carbons (Fsp3) is 0.353. The van der Waals surface area contributed by atoms with Gasteiger partial charge in [0.1, 0.15) is 10.6 Å². The SMILES string of the molecule is COc1ccccc1S(=O)(=O)NC1CCN(C(=O)c2ccco2)CC1. The van der Waals surface area contributed by atoms with Gasteiger partial charge in [0.2, 0.25) is 10.0 Å². The number of ether oxygens (including phenoxy) is 1. The molecule has 1 aliphatic heterocycles. The van der Waals surface area contributed by atoms with Crippen LogP contribution in [0, 0.1) is 0 Å². The highest BCUT2D eigenvalue weighted by Gasteiger charge is 2.29. The van der Waals surface area contributed by atoms with Gasteiger partial charge in [0.05, 0.1) is 13.4 Å². The molecule has 134 valence electrons. The quantitative estimate of drug-likeness (QED) is 0.875. The van der Waals surface area contributed by atoms with Gasteiger partial charge in [-0.1, -0.05) is 12.1 Å². The molecule has 1 aliphatic rings. The number of nitrogens with zero attached hydrogens (tertiary/aromatic N) is 1. The number of methoxy groups -OCH3 is 1. The van der Waals surface area contributed by atoms with Gasteiger partial charge in [-0.25, -0.2) is 13.1 Å². The lowest BCUT2D eigenvalue weighted by molar-refractivity contribution is 0.0679. The molecule has 1 amide bonds. The maximum atomic E-state index is 12.6. The summed E-state index contributed by atoms with van der Waals surface area (Å²) in [5.74, 6) is 0.435. The maximum absolute atomic E-state index is 12.6.